The van der Waals surface area contributed by atoms with E-state index in [2.05, 4.69) is 77.3 Å². The second-order valence-electron chi connectivity index (χ2n) is 10.4. The molecule has 2 unspecified atom stereocenters. The van der Waals surface area contributed by atoms with Crippen LogP contribution in [0.2, 0.25) is 0 Å². The summed E-state index contributed by atoms with van der Waals surface area (Å²) in [5.74, 6) is -1.45. The Morgan fingerprint density at radius 2 is 1.51 bits per heavy atom. The summed E-state index contributed by atoms with van der Waals surface area (Å²) in [5.41, 5.74) is 13.7. The van der Waals surface area contributed by atoms with Gasteiger partial charge in [-0.2, -0.15) is 0 Å². The minimum atomic E-state index is -1.76. The highest BCUT2D eigenvalue weighted by molar-refractivity contribution is 5.63. The summed E-state index contributed by atoms with van der Waals surface area (Å²) in [6, 6.07) is 23.3. The molecule has 0 spiro atoms. The molecular weight excluding hydrogens is 484 g/mol. The number of aryl methyl sites for hydroxylation is 2. The van der Waals surface area contributed by atoms with Gasteiger partial charge in [-0.15, -0.1) is 6.58 Å². The normalized spacial score (nSPS) is 12.8. The molecule has 0 aliphatic carbocycles. The van der Waals surface area contributed by atoms with Gasteiger partial charge < -0.3 is 0 Å². The molecule has 0 amide bonds. The third-order valence-corrected chi connectivity index (χ3v) is 6.10. The van der Waals surface area contributed by atoms with Crippen molar-refractivity contribution in [3.05, 3.63) is 131 Å². The van der Waals surface area contributed by atoms with Crippen molar-refractivity contribution in [2.45, 2.75) is 78.9 Å². The molecule has 0 aliphatic rings. The molecule has 0 bridgehead atoms. The van der Waals surface area contributed by atoms with Crippen molar-refractivity contribution in [1.29, 1.82) is 0 Å². The molecule has 0 aliphatic heterocycles. The van der Waals surface area contributed by atoms with Gasteiger partial charge in [0, 0.05) is 0 Å². The summed E-state index contributed by atoms with van der Waals surface area (Å²) < 4.78 is 25.4. The Bertz CT molecular complexity index is 1150. The molecule has 1 nitrogen and oxygen atoms in total. The van der Waals surface area contributed by atoms with Crippen molar-refractivity contribution in [2.75, 3.05) is 0 Å². The van der Waals surface area contributed by atoms with Gasteiger partial charge in [-0.05, 0) is 92.0 Å². The number of alkyl halides is 1. The van der Waals surface area contributed by atoms with Gasteiger partial charge in [0.2, 0.25) is 0 Å². The number of rotatable bonds is 9. The van der Waals surface area contributed by atoms with Gasteiger partial charge in [-0.3, -0.25) is 5.73 Å². The number of benzene rings is 3. The van der Waals surface area contributed by atoms with E-state index in [1.807, 2.05) is 31.2 Å². The maximum atomic E-state index is 13.1. The Morgan fingerprint density at radius 1 is 0.949 bits per heavy atom. The van der Waals surface area contributed by atoms with Gasteiger partial charge in [-0.25, -0.2) is 8.78 Å². The molecule has 0 fully saturated rings. The fourth-order valence-corrected chi connectivity index (χ4v) is 3.77. The molecule has 39 heavy (non-hydrogen) atoms. The van der Waals surface area contributed by atoms with Crippen LogP contribution in [0.25, 0.3) is 11.6 Å². The average molecular weight is 532 g/mol. The first kappa shape index (κ1) is 33.7. The quantitative estimate of drug-likeness (QED) is 0.216. The zero-order valence-electron chi connectivity index (χ0n) is 24.7. The number of hydrogen-bond donors (Lipinski definition) is 1. The molecule has 2 N–H and O–H groups in total. The van der Waals surface area contributed by atoms with Crippen LogP contribution in [0.5, 0.6) is 0 Å². The maximum absolute atomic E-state index is 13.1. The zero-order chi connectivity index (χ0) is 29.4. The lowest BCUT2D eigenvalue weighted by atomic mass is 9.94. The lowest BCUT2D eigenvalue weighted by molar-refractivity contribution is 0.270. The maximum Gasteiger partial charge on any atom is 0.175 e. The van der Waals surface area contributed by atoms with Crippen molar-refractivity contribution >= 4 is 11.6 Å². The van der Waals surface area contributed by atoms with Gasteiger partial charge in [0.25, 0.3) is 0 Å². The third kappa shape index (κ3) is 15.0. The Morgan fingerprint density at radius 3 is 1.97 bits per heavy atom. The minimum absolute atomic E-state index is 0.153. The van der Waals surface area contributed by atoms with Crippen LogP contribution in [0.1, 0.15) is 87.6 Å². The highest BCUT2D eigenvalue weighted by Crippen LogP contribution is 2.23. The molecule has 3 heteroatoms. The number of hydrogen-bond acceptors (Lipinski definition) is 1. The fraction of sp³-hybridized carbons (Fsp3) is 0.333. The van der Waals surface area contributed by atoms with Gasteiger partial charge in [-0.1, -0.05) is 112 Å². The van der Waals surface area contributed by atoms with Crippen LogP contribution in [-0.4, -0.2) is 5.79 Å². The number of allylic oxidation sites excluding steroid dienone is 2. The highest BCUT2D eigenvalue weighted by Gasteiger charge is 2.10. The van der Waals surface area contributed by atoms with E-state index in [1.54, 1.807) is 6.08 Å². The second-order valence-corrected chi connectivity index (χ2v) is 10.4. The Hall–Kier alpha value is -3.30. The predicted octanol–water partition coefficient (Wildman–Crippen LogP) is 10.6. The zero-order valence-corrected chi connectivity index (χ0v) is 24.7. The minimum Gasteiger partial charge on any atom is -0.296 e. The Labute approximate surface area is 236 Å². The molecule has 3 aromatic carbocycles. The van der Waals surface area contributed by atoms with Crippen LogP contribution in [0, 0.1) is 12.7 Å². The topological polar surface area (TPSA) is 26.0 Å². The van der Waals surface area contributed by atoms with Crippen molar-refractivity contribution in [3.63, 3.8) is 0 Å². The second kappa shape index (κ2) is 17.3. The summed E-state index contributed by atoms with van der Waals surface area (Å²) in [6.45, 7) is 19.8. The first-order valence-corrected chi connectivity index (χ1v) is 13.7. The van der Waals surface area contributed by atoms with Crippen LogP contribution in [-0.2, 0) is 6.42 Å². The summed E-state index contributed by atoms with van der Waals surface area (Å²) in [5, 5.41) is 0. The van der Waals surface area contributed by atoms with E-state index in [1.165, 1.54) is 58.5 Å². The largest absolute Gasteiger partial charge is 0.296 e. The predicted molar refractivity (Wildman–Crippen MR) is 168 cm³/mol. The van der Waals surface area contributed by atoms with Crippen molar-refractivity contribution in [1.82, 2.24) is 0 Å². The summed E-state index contributed by atoms with van der Waals surface area (Å²) in [4.78, 5) is 0. The first-order chi connectivity index (χ1) is 18.3. The van der Waals surface area contributed by atoms with Crippen LogP contribution < -0.4 is 5.73 Å². The van der Waals surface area contributed by atoms with E-state index in [0.29, 0.717) is 5.92 Å². The Balaban J connectivity index is 0.000000311. The monoisotopic (exact) mass is 531 g/mol. The third-order valence-electron chi connectivity index (χ3n) is 6.10. The van der Waals surface area contributed by atoms with E-state index >= 15 is 0 Å². The number of nitrogens with two attached hydrogens (primary N) is 1. The molecule has 3 aromatic rings. The van der Waals surface area contributed by atoms with Crippen LogP contribution >= 0.6 is 0 Å². The summed E-state index contributed by atoms with van der Waals surface area (Å²) in [6.07, 6.45) is 7.24. The van der Waals surface area contributed by atoms with Gasteiger partial charge in [0.15, 0.2) is 5.79 Å². The van der Waals surface area contributed by atoms with E-state index < -0.39 is 5.79 Å². The number of halogens is 2. The SMILES string of the molecule is C=C(C)CC(C)c1ccc(/C=C\C(C)(N)F)cc1.C=C(CC)c1ccc(C)cc1.CCCc1ccc(F)cc1. The molecule has 210 valence electrons. The molecule has 0 saturated carbocycles. The van der Waals surface area contributed by atoms with Crippen molar-refractivity contribution in [3.8, 4) is 0 Å². The van der Waals surface area contributed by atoms with Crippen molar-refractivity contribution in [2.24, 2.45) is 5.73 Å². The average Bonchev–Trinajstić information content (AvgIpc) is 2.89. The molecule has 0 radical (unpaired) electrons. The first-order valence-electron chi connectivity index (χ1n) is 13.7. The van der Waals surface area contributed by atoms with Crippen molar-refractivity contribution < 1.29 is 8.78 Å². The standard InChI is InChI=1S/C16H22FN.C11H14.C9H11F/c1-12(2)11-13(3)15-7-5-14(6-8-15)9-10-16(4,17)18;1-4-10(3)11-7-5-9(2)6-8-11;1-2-3-8-4-6-9(10)7-5-8/h5-10,13H,1,11,18H2,2-4H3;5-8H,3-4H2,1-2H3;4-7H,2-3H2,1H3/b10-9-;;. The van der Waals surface area contributed by atoms with E-state index in [9.17, 15) is 8.78 Å². The van der Waals surface area contributed by atoms with E-state index in [0.717, 1.165) is 31.2 Å². The summed E-state index contributed by atoms with van der Waals surface area (Å²) >= 11 is 0. The van der Waals surface area contributed by atoms with E-state index in [-0.39, 0.29) is 5.82 Å². The lowest BCUT2D eigenvalue weighted by Gasteiger charge is -2.12. The summed E-state index contributed by atoms with van der Waals surface area (Å²) in [7, 11) is 0. The van der Waals surface area contributed by atoms with Gasteiger partial charge in [0.05, 0.1) is 0 Å². The van der Waals surface area contributed by atoms with Crippen LogP contribution in [0.3, 0.4) is 0 Å². The Kier molecular flexibility index (Phi) is 15.0. The molecule has 0 aromatic heterocycles. The molecule has 0 heterocycles. The molecule has 2 atom stereocenters. The fourth-order valence-electron chi connectivity index (χ4n) is 3.77. The smallest absolute Gasteiger partial charge is 0.175 e. The molecular formula is C36H47F2N. The van der Waals surface area contributed by atoms with Crippen LogP contribution in [0.15, 0.2) is 97.6 Å². The van der Waals surface area contributed by atoms with Gasteiger partial charge >= 0.3 is 0 Å². The van der Waals surface area contributed by atoms with Crippen LogP contribution in [0.4, 0.5) is 8.78 Å². The lowest BCUT2D eigenvalue weighted by Crippen LogP contribution is -2.26. The highest BCUT2D eigenvalue weighted by atomic mass is 19.1. The van der Waals surface area contributed by atoms with E-state index in [4.69, 9.17) is 5.73 Å². The van der Waals surface area contributed by atoms with Gasteiger partial charge in [0.1, 0.15) is 5.82 Å². The molecule has 3 rings (SSSR count). The molecule has 0 saturated heterocycles.